The van der Waals surface area contributed by atoms with Gasteiger partial charge in [0.2, 0.25) is 0 Å². The number of rotatable bonds is 1. The summed E-state index contributed by atoms with van der Waals surface area (Å²) in [6.45, 7) is 0.796. The van der Waals surface area contributed by atoms with Gasteiger partial charge in [-0.25, -0.2) is 0 Å². The van der Waals surface area contributed by atoms with Gasteiger partial charge in [0.15, 0.2) is 0 Å². The third kappa shape index (κ3) is 1.59. The average Bonchev–Trinajstić information content (AvgIpc) is 2.67. The Balaban J connectivity index is 2.29. The van der Waals surface area contributed by atoms with Gasteiger partial charge in [0.05, 0.1) is 11.6 Å². The van der Waals surface area contributed by atoms with E-state index in [-0.39, 0.29) is 5.92 Å². The summed E-state index contributed by atoms with van der Waals surface area (Å²) in [5.74, 6) is 0.178. The molecule has 0 aliphatic carbocycles. The second kappa shape index (κ2) is 3.73. The third-order valence-corrected chi connectivity index (χ3v) is 2.61. The molecule has 70 valence electrons. The molecule has 0 saturated carbocycles. The van der Waals surface area contributed by atoms with Crippen molar-refractivity contribution >= 4 is 11.6 Å². The van der Waals surface area contributed by atoms with Crippen LogP contribution in [0, 0.1) is 11.3 Å². The fraction of sp³-hybridized carbons (Fsp3) is 0.182. The normalized spacial score (nSPS) is 19.7. The number of hydrogen-bond acceptors (Lipinski definition) is 2. The molecule has 1 N–H and O–H groups in total. The first kappa shape index (κ1) is 9.11. The SMILES string of the molecule is N#CC1=CNCC1c1ccc(Cl)cc1. The number of nitrogens with zero attached hydrogens (tertiary/aromatic N) is 1. The summed E-state index contributed by atoms with van der Waals surface area (Å²) in [6.07, 6.45) is 1.78. The van der Waals surface area contributed by atoms with Crippen LogP contribution in [-0.4, -0.2) is 6.54 Å². The van der Waals surface area contributed by atoms with E-state index in [9.17, 15) is 0 Å². The number of nitrogens with one attached hydrogen (secondary N) is 1. The summed E-state index contributed by atoms with van der Waals surface area (Å²) in [7, 11) is 0. The number of halogens is 1. The van der Waals surface area contributed by atoms with Gasteiger partial charge < -0.3 is 5.32 Å². The topological polar surface area (TPSA) is 35.8 Å². The molecule has 1 unspecified atom stereocenters. The average molecular weight is 205 g/mol. The number of nitriles is 1. The highest BCUT2D eigenvalue weighted by Crippen LogP contribution is 2.27. The van der Waals surface area contributed by atoms with Crippen LogP contribution in [0.4, 0.5) is 0 Å². The van der Waals surface area contributed by atoms with E-state index in [0.29, 0.717) is 0 Å². The smallest absolute Gasteiger partial charge is 0.0969 e. The van der Waals surface area contributed by atoms with Crippen LogP contribution >= 0.6 is 11.6 Å². The van der Waals surface area contributed by atoms with Crippen LogP contribution in [-0.2, 0) is 0 Å². The summed E-state index contributed by atoms with van der Waals surface area (Å²) < 4.78 is 0. The lowest BCUT2D eigenvalue weighted by molar-refractivity contribution is 0.801. The molecule has 0 aromatic heterocycles. The molecule has 2 rings (SSSR count). The first-order valence-corrected chi connectivity index (χ1v) is 4.78. The molecule has 0 amide bonds. The van der Waals surface area contributed by atoms with E-state index in [4.69, 9.17) is 16.9 Å². The Bertz CT molecular complexity index is 400. The van der Waals surface area contributed by atoms with Gasteiger partial charge in [-0.3, -0.25) is 0 Å². The van der Waals surface area contributed by atoms with Crippen molar-refractivity contribution in [2.75, 3.05) is 6.54 Å². The molecule has 14 heavy (non-hydrogen) atoms. The maximum Gasteiger partial charge on any atom is 0.0969 e. The van der Waals surface area contributed by atoms with Crippen molar-refractivity contribution in [3.8, 4) is 6.07 Å². The Morgan fingerprint density at radius 2 is 2.07 bits per heavy atom. The molecule has 3 heteroatoms. The van der Waals surface area contributed by atoms with Crippen LogP contribution in [0.15, 0.2) is 36.0 Å². The maximum atomic E-state index is 8.87. The van der Waals surface area contributed by atoms with E-state index >= 15 is 0 Å². The second-order valence-electron chi connectivity index (χ2n) is 3.22. The Morgan fingerprint density at radius 3 is 2.71 bits per heavy atom. The van der Waals surface area contributed by atoms with Crippen LogP contribution < -0.4 is 5.32 Å². The predicted octanol–water partition coefficient (Wildman–Crippen LogP) is 2.43. The highest BCUT2D eigenvalue weighted by Gasteiger charge is 2.20. The third-order valence-electron chi connectivity index (χ3n) is 2.36. The molecule has 0 fully saturated rings. The molecule has 0 bridgehead atoms. The van der Waals surface area contributed by atoms with E-state index in [1.165, 1.54) is 0 Å². The highest BCUT2D eigenvalue weighted by molar-refractivity contribution is 6.30. The molecule has 1 aromatic rings. The Kier molecular flexibility index (Phi) is 2.43. The minimum Gasteiger partial charge on any atom is -0.389 e. The van der Waals surface area contributed by atoms with Crippen molar-refractivity contribution < 1.29 is 0 Å². The fourth-order valence-corrected chi connectivity index (χ4v) is 1.73. The quantitative estimate of drug-likeness (QED) is 0.763. The van der Waals surface area contributed by atoms with Crippen LogP contribution in [0.25, 0.3) is 0 Å². The standard InChI is InChI=1S/C11H9ClN2/c12-10-3-1-8(2-4-10)11-7-14-6-9(11)5-13/h1-4,6,11,14H,7H2. The van der Waals surface area contributed by atoms with Crippen LogP contribution in [0.2, 0.25) is 5.02 Å². The van der Waals surface area contributed by atoms with E-state index in [1.54, 1.807) is 6.20 Å². The summed E-state index contributed by atoms with van der Waals surface area (Å²) in [4.78, 5) is 0. The van der Waals surface area contributed by atoms with Gasteiger partial charge in [-0.2, -0.15) is 5.26 Å². The van der Waals surface area contributed by atoms with Gasteiger partial charge in [0, 0.05) is 23.7 Å². The van der Waals surface area contributed by atoms with Gasteiger partial charge in [-0.05, 0) is 17.7 Å². The Hall–Kier alpha value is -1.46. The molecule has 0 saturated heterocycles. The Morgan fingerprint density at radius 1 is 1.36 bits per heavy atom. The van der Waals surface area contributed by atoms with Gasteiger partial charge in [0.1, 0.15) is 0 Å². The molecule has 1 heterocycles. The summed E-state index contributed by atoms with van der Waals surface area (Å²) in [5, 5.41) is 12.7. The summed E-state index contributed by atoms with van der Waals surface area (Å²) in [5.41, 5.74) is 1.92. The zero-order valence-electron chi connectivity index (χ0n) is 7.50. The summed E-state index contributed by atoms with van der Waals surface area (Å²) >= 11 is 5.79. The lowest BCUT2D eigenvalue weighted by Gasteiger charge is -2.09. The second-order valence-corrected chi connectivity index (χ2v) is 3.66. The minimum atomic E-state index is 0.178. The van der Waals surface area contributed by atoms with E-state index in [1.807, 2.05) is 24.3 Å². The van der Waals surface area contributed by atoms with Crippen LogP contribution in [0.3, 0.4) is 0 Å². The molecular formula is C11H9ClN2. The molecule has 1 aliphatic heterocycles. The lowest BCUT2D eigenvalue weighted by atomic mass is 9.94. The molecule has 2 nitrogen and oxygen atoms in total. The van der Waals surface area contributed by atoms with Gasteiger partial charge >= 0.3 is 0 Å². The van der Waals surface area contributed by atoms with E-state index in [2.05, 4.69) is 11.4 Å². The largest absolute Gasteiger partial charge is 0.389 e. The molecular weight excluding hydrogens is 196 g/mol. The van der Waals surface area contributed by atoms with Crippen molar-refractivity contribution in [3.63, 3.8) is 0 Å². The van der Waals surface area contributed by atoms with Crippen molar-refractivity contribution in [2.45, 2.75) is 5.92 Å². The van der Waals surface area contributed by atoms with E-state index < -0.39 is 0 Å². The molecule has 0 radical (unpaired) electrons. The summed E-state index contributed by atoms with van der Waals surface area (Å²) in [6, 6.07) is 9.82. The van der Waals surface area contributed by atoms with Crippen molar-refractivity contribution in [1.29, 1.82) is 5.26 Å². The van der Waals surface area contributed by atoms with Crippen LogP contribution in [0.1, 0.15) is 11.5 Å². The van der Waals surface area contributed by atoms with Crippen molar-refractivity contribution in [3.05, 3.63) is 46.6 Å². The van der Waals surface area contributed by atoms with Gasteiger partial charge in [0.25, 0.3) is 0 Å². The predicted molar refractivity (Wildman–Crippen MR) is 55.9 cm³/mol. The number of hydrogen-bond donors (Lipinski definition) is 1. The highest BCUT2D eigenvalue weighted by atomic mass is 35.5. The van der Waals surface area contributed by atoms with Crippen molar-refractivity contribution in [1.82, 2.24) is 5.32 Å². The zero-order valence-corrected chi connectivity index (χ0v) is 8.25. The first-order chi connectivity index (χ1) is 6.81. The van der Waals surface area contributed by atoms with E-state index in [0.717, 1.165) is 22.7 Å². The molecule has 1 atom stereocenters. The van der Waals surface area contributed by atoms with Gasteiger partial charge in [-0.15, -0.1) is 0 Å². The fourth-order valence-electron chi connectivity index (χ4n) is 1.60. The first-order valence-electron chi connectivity index (χ1n) is 4.40. The van der Waals surface area contributed by atoms with Crippen molar-refractivity contribution in [2.24, 2.45) is 0 Å². The lowest BCUT2D eigenvalue weighted by Crippen LogP contribution is -2.08. The Labute approximate surface area is 87.8 Å². The van der Waals surface area contributed by atoms with Gasteiger partial charge in [-0.1, -0.05) is 23.7 Å². The molecule has 1 aromatic carbocycles. The zero-order chi connectivity index (χ0) is 9.97. The number of benzene rings is 1. The molecule has 1 aliphatic rings. The van der Waals surface area contributed by atoms with Crippen LogP contribution in [0.5, 0.6) is 0 Å². The minimum absolute atomic E-state index is 0.178. The monoisotopic (exact) mass is 204 g/mol. The maximum absolute atomic E-state index is 8.87. The molecule has 0 spiro atoms.